The molecule has 4 N–H and O–H groups in total. The van der Waals surface area contributed by atoms with Gasteiger partial charge in [-0.15, -0.1) is 6.42 Å². The van der Waals surface area contributed by atoms with Gasteiger partial charge in [0.15, 0.2) is 17.1 Å². The molecule has 8 heteroatoms. The van der Waals surface area contributed by atoms with Crippen molar-refractivity contribution >= 4 is 16.9 Å². The van der Waals surface area contributed by atoms with Gasteiger partial charge in [0, 0.05) is 12.6 Å². The molecule has 7 nitrogen and oxygen atoms in total. The van der Waals surface area contributed by atoms with Crippen molar-refractivity contribution in [2.24, 2.45) is 0 Å². The van der Waals surface area contributed by atoms with Crippen LogP contribution in [-0.4, -0.2) is 43.1 Å². The SMILES string of the molecule is C#C[C@]1(CO)O[C@H](n2cc(F)c3c(N)ncnc32)C[C@@H]1O. The van der Waals surface area contributed by atoms with Crippen LogP contribution < -0.4 is 5.73 Å². The fourth-order valence-corrected chi connectivity index (χ4v) is 2.52. The van der Waals surface area contributed by atoms with Gasteiger partial charge in [-0.2, -0.15) is 0 Å². The van der Waals surface area contributed by atoms with E-state index in [-0.39, 0.29) is 23.3 Å². The molecule has 1 aliphatic rings. The lowest BCUT2D eigenvalue weighted by atomic mass is 9.99. The zero-order chi connectivity index (χ0) is 15.2. The largest absolute Gasteiger partial charge is 0.392 e. The summed E-state index contributed by atoms with van der Waals surface area (Å²) in [7, 11) is 0. The van der Waals surface area contributed by atoms with Crippen LogP contribution >= 0.6 is 0 Å². The van der Waals surface area contributed by atoms with E-state index in [1.807, 2.05) is 0 Å². The molecule has 0 bridgehead atoms. The number of rotatable bonds is 2. The van der Waals surface area contributed by atoms with E-state index in [1.54, 1.807) is 0 Å². The summed E-state index contributed by atoms with van der Waals surface area (Å²) in [5, 5.41) is 19.5. The standard InChI is InChI=1S/C13H13FN4O3/c1-2-13(5-19)8(20)3-9(21-13)18-4-7(14)10-11(15)16-6-17-12(10)18/h1,4,6,8-9,19-20H,3,5H2,(H2,15,16,17)/t8-,9-,13+/m0/s1. The molecule has 1 fully saturated rings. The smallest absolute Gasteiger partial charge is 0.179 e. The van der Waals surface area contributed by atoms with Crippen LogP contribution in [0.2, 0.25) is 0 Å². The summed E-state index contributed by atoms with van der Waals surface area (Å²) < 4.78 is 20.9. The molecule has 0 saturated carbocycles. The summed E-state index contributed by atoms with van der Waals surface area (Å²) in [6.45, 7) is -0.542. The van der Waals surface area contributed by atoms with E-state index in [1.165, 1.54) is 10.9 Å². The summed E-state index contributed by atoms with van der Waals surface area (Å²) >= 11 is 0. The molecule has 21 heavy (non-hydrogen) atoms. The van der Waals surface area contributed by atoms with Crippen LogP contribution in [0.3, 0.4) is 0 Å². The Morgan fingerprint density at radius 2 is 2.38 bits per heavy atom. The summed E-state index contributed by atoms with van der Waals surface area (Å²) in [5.74, 6) is 1.68. The van der Waals surface area contributed by atoms with Crippen LogP contribution in [0.1, 0.15) is 12.6 Å². The summed E-state index contributed by atoms with van der Waals surface area (Å²) in [5.41, 5.74) is 4.37. The van der Waals surface area contributed by atoms with Gasteiger partial charge in [0.1, 0.15) is 24.5 Å². The lowest BCUT2D eigenvalue weighted by molar-refractivity contribution is -0.0891. The highest BCUT2D eigenvalue weighted by Gasteiger charge is 2.47. The number of fused-ring (bicyclic) bond motifs is 1. The van der Waals surface area contributed by atoms with Gasteiger partial charge in [-0.25, -0.2) is 14.4 Å². The lowest BCUT2D eigenvalue weighted by Crippen LogP contribution is -2.41. The molecule has 0 unspecified atom stereocenters. The lowest BCUT2D eigenvalue weighted by Gasteiger charge is -2.23. The number of nitrogens with zero attached hydrogens (tertiary/aromatic N) is 3. The van der Waals surface area contributed by atoms with Gasteiger partial charge >= 0.3 is 0 Å². The number of hydrogen-bond acceptors (Lipinski definition) is 6. The first kappa shape index (κ1) is 13.8. The molecule has 3 atom stereocenters. The molecule has 0 spiro atoms. The first-order valence-electron chi connectivity index (χ1n) is 6.23. The Hall–Kier alpha value is -2.21. The highest BCUT2D eigenvalue weighted by Crippen LogP contribution is 2.38. The van der Waals surface area contributed by atoms with Crippen molar-refractivity contribution in [3.63, 3.8) is 0 Å². The van der Waals surface area contributed by atoms with E-state index in [9.17, 15) is 14.6 Å². The number of terminal acetylenes is 1. The van der Waals surface area contributed by atoms with E-state index in [0.717, 1.165) is 6.20 Å². The van der Waals surface area contributed by atoms with Crippen LogP contribution in [0, 0.1) is 18.2 Å². The Balaban J connectivity index is 2.08. The van der Waals surface area contributed by atoms with Crippen molar-refractivity contribution in [1.29, 1.82) is 0 Å². The van der Waals surface area contributed by atoms with E-state index >= 15 is 0 Å². The zero-order valence-electron chi connectivity index (χ0n) is 10.9. The molecule has 0 radical (unpaired) electrons. The van der Waals surface area contributed by atoms with Gasteiger partial charge in [0.25, 0.3) is 0 Å². The number of aliphatic hydroxyl groups is 2. The molecule has 3 rings (SSSR count). The number of halogens is 1. The summed E-state index contributed by atoms with van der Waals surface area (Å²) in [6, 6.07) is 0. The first-order valence-corrected chi connectivity index (χ1v) is 6.23. The average molecular weight is 292 g/mol. The monoisotopic (exact) mass is 292 g/mol. The predicted molar refractivity (Wildman–Crippen MR) is 71.3 cm³/mol. The second-order valence-electron chi connectivity index (χ2n) is 4.86. The number of hydrogen-bond donors (Lipinski definition) is 3. The fraction of sp³-hybridized carbons (Fsp3) is 0.385. The van der Waals surface area contributed by atoms with E-state index in [0.29, 0.717) is 0 Å². The number of aliphatic hydroxyl groups excluding tert-OH is 2. The number of aromatic nitrogens is 3. The number of ether oxygens (including phenoxy) is 1. The molecule has 110 valence electrons. The van der Waals surface area contributed by atoms with Gasteiger partial charge in [0.2, 0.25) is 0 Å². The minimum Gasteiger partial charge on any atom is -0.392 e. The topological polar surface area (TPSA) is 106 Å². The minimum atomic E-state index is -1.50. The van der Waals surface area contributed by atoms with Crippen molar-refractivity contribution in [1.82, 2.24) is 14.5 Å². The van der Waals surface area contributed by atoms with Crippen molar-refractivity contribution in [2.75, 3.05) is 12.3 Å². The zero-order valence-corrected chi connectivity index (χ0v) is 10.9. The van der Waals surface area contributed by atoms with Gasteiger partial charge in [0.05, 0.1) is 12.0 Å². The fourth-order valence-electron chi connectivity index (χ4n) is 2.52. The Bertz CT molecular complexity index is 741. The number of nitrogen functional groups attached to an aromatic ring is 1. The Labute approximate surface area is 119 Å². The van der Waals surface area contributed by atoms with Crippen LogP contribution in [0.15, 0.2) is 12.5 Å². The summed E-state index contributed by atoms with van der Waals surface area (Å²) in [6.07, 6.45) is 5.96. The third-order valence-electron chi connectivity index (χ3n) is 3.69. The molecule has 2 aromatic heterocycles. The van der Waals surface area contributed by atoms with E-state index in [2.05, 4.69) is 15.9 Å². The van der Waals surface area contributed by atoms with Gasteiger partial charge in [-0.05, 0) is 0 Å². The molecular weight excluding hydrogens is 279 g/mol. The van der Waals surface area contributed by atoms with E-state index < -0.39 is 30.4 Å². The second-order valence-corrected chi connectivity index (χ2v) is 4.86. The third kappa shape index (κ3) is 1.86. The molecule has 0 aromatic carbocycles. The van der Waals surface area contributed by atoms with Crippen LogP contribution in [-0.2, 0) is 4.74 Å². The Kier molecular flexibility index (Phi) is 3.06. The second kappa shape index (κ2) is 4.66. The van der Waals surface area contributed by atoms with Crippen molar-refractivity contribution in [3.8, 4) is 12.3 Å². The molecule has 0 amide bonds. The van der Waals surface area contributed by atoms with Crippen LogP contribution in [0.5, 0.6) is 0 Å². The quantitative estimate of drug-likeness (QED) is 0.662. The molecule has 2 aromatic rings. The van der Waals surface area contributed by atoms with Crippen molar-refractivity contribution < 1.29 is 19.3 Å². The maximum absolute atomic E-state index is 14.0. The van der Waals surface area contributed by atoms with Gasteiger partial charge in [-0.3, -0.25) is 0 Å². The predicted octanol–water partition coefficient (Wildman–Crippen LogP) is -0.203. The maximum Gasteiger partial charge on any atom is 0.179 e. The molecular formula is C13H13FN4O3. The van der Waals surface area contributed by atoms with E-state index in [4.69, 9.17) is 16.9 Å². The third-order valence-corrected chi connectivity index (χ3v) is 3.69. The Morgan fingerprint density at radius 1 is 1.62 bits per heavy atom. The molecule has 0 aliphatic carbocycles. The first-order chi connectivity index (χ1) is 10.0. The minimum absolute atomic E-state index is 0.0140. The summed E-state index contributed by atoms with van der Waals surface area (Å²) in [4.78, 5) is 7.72. The molecule has 3 heterocycles. The normalized spacial score (nSPS) is 28.9. The number of nitrogens with two attached hydrogens (primary N) is 1. The maximum atomic E-state index is 14.0. The number of anilines is 1. The van der Waals surface area contributed by atoms with Crippen molar-refractivity contribution in [3.05, 3.63) is 18.3 Å². The molecule has 1 aliphatic heterocycles. The van der Waals surface area contributed by atoms with Crippen molar-refractivity contribution in [2.45, 2.75) is 24.4 Å². The van der Waals surface area contributed by atoms with Crippen LogP contribution in [0.4, 0.5) is 10.2 Å². The Morgan fingerprint density at radius 3 is 3.00 bits per heavy atom. The average Bonchev–Trinajstić information content (AvgIpc) is 2.98. The highest BCUT2D eigenvalue weighted by molar-refractivity contribution is 5.86. The van der Waals surface area contributed by atoms with Gasteiger partial charge in [-0.1, -0.05) is 5.92 Å². The van der Waals surface area contributed by atoms with Crippen LogP contribution in [0.25, 0.3) is 11.0 Å². The van der Waals surface area contributed by atoms with Gasteiger partial charge < -0.3 is 25.3 Å². The molecule has 1 saturated heterocycles. The highest BCUT2D eigenvalue weighted by atomic mass is 19.1.